The molecule has 0 N–H and O–H groups in total. The van der Waals surface area contributed by atoms with Gasteiger partial charge in [0.1, 0.15) is 11.5 Å². The van der Waals surface area contributed by atoms with E-state index < -0.39 is 0 Å². The van der Waals surface area contributed by atoms with Crippen molar-refractivity contribution in [2.45, 2.75) is 33.1 Å². The number of rotatable bonds is 7. The molecule has 1 aliphatic rings. The van der Waals surface area contributed by atoms with Crippen LogP contribution in [-0.2, 0) is 0 Å². The molecule has 0 saturated heterocycles. The van der Waals surface area contributed by atoms with Crippen LogP contribution in [0.1, 0.15) is 44.2 Å². The maximum Gasteiger partial charge on any atom is 0.231 e. The highest BCUT2D eigenvalue weighted by Gasteiger charge is 2.23. The maximum absolute atomic E-state index is 5.87. The van der Waals surface area contributed by atoms with Crippen molar-refractivity contribution >= 4 is 0 Å². The zero-order valence-electron chi connectivity index (χ0n) is 14.5. The smallest absolute Gasteiger partial charge is 0.231 e. The van der Waals surface area contributed by atoms with Crippen LogP contribution in [0.25, 0.3) is 0 Å². The first kappa shape index (κ1) is 16.5. The Labute approximate surface area is 143 Å². The van der Waals surface area contributed by atoms with Crippen LogP contribution in [0.5, 0.6) is 23.0 Å². The molecule has 2 aromatic carbocycles. The van der Waals surface area contributed by atoms with Crippen LogP contribution in [0.2, 0.25) is 0 Å². The Kier molecular flexibility index (Phi) is 5.14. The van der Waals surface area contributed by atoms with E-state index in [1.807, 2.05) is 32.0 Å². The lowest BCUT2D eigenvalue weighted by Crippen LogP contribution is -2.04. The average Bonchev–Trinajstić information content (AvgIpc) is 3.05. The largest absolute Gasteiger partial charge is 0.494 e. The zero-order valence-corrected chi connectivity index (χ0v) is 14.5. The van der Waals surface area contributed by atoms with E-state index in [1.54, 1.807) is 0 Å². The van der Waals surface area contributed by atoms with Gasteiger partial charge in [0.15, 0.2) is 11.5 Å². The molecule has 24 heavy (non-hydrogen) atoms. The lowest BCUT2D eigenvalue weighted by atomic mass is 9.88. The van der Waals surface area contributed by atoms with Gasteiger partial charge in [-0.15, -0.1) is 0 Å². The van der Waals surface area contributed by atoms with Crippen LogP contribution in [-0.4, -0.2) is 20.0 Å². The number of hydrogen-bond acceptors (Lipinski definition) is 4. The molecule has 4 heteroatoms. The molecule has 4 nitrogen and oxygen atoms in total. The van der Waals surface area contributed by atoms with Gasteiger partial charge >= 0.3 is 0 Å². The van der Waals surface area contributed by atoms with Crippen LogP contribution >= 0.6 is 0 Å². The highest BCUT2D eigenvalue weighted by Crippen LogP contribution is 2.43. The third kappa shape index (κ3) is 3.28. The van der Waals surface area contributed by atoms with Crippen molar-refractivity contribution in [3.8, 4) is 23.0 Å². The fraction of sp³-hybridized carbons (Fsp3) is 0.400. The van der Waals surface area contributed by atoms with Gasteiger partial charge in [0, 0.05) is 17.5 Å². The third-order valence-corrected chi connectivity index (χ3v) is 4.18. The molecule has 1 heterocycles. The van der Waals surface area contributed by atoms with Gasteiger partial charge < -0.3 is 18.9 Å². The lowest BCUT2D eigenvalue weighted by molar-refractivity contribution is 0.173. The van der Waals surface area contributed by atoms with Gasteiger partial charge in [0.05, 0.1) is 13.2 Å². The minimum absolute atomic E-state index is 0.233. The lowest BCUT2D eigenvalue weighted by Gasteiger charge is -2.20. The molecule has 0 radical (unpaired) electrons. The Morgan fingerprint density at radius 1 is 0.917 bits per heavy atom. The van der Waals surface area contributed by atoms with Crippen molar-refractivity contribution in [2.24, 2.45) is 0 Å². The Hall–Kier alpha value is -2.36. The standard InChI is InChI=1S/C20H24O4/c1-4-16(14-7-9-15(10-8-14)21-5-2)17-11-19-20(24-13-23-19)12-18(17)22-6-3/h7-12,16H,4-6,13H2,1-3H3. The van der Waals surface area contributed by atoms with E-state index in [2.05, 4.69) is 25.1 Å². The summed E-state index contributed by atoms with van der Waals surface area (Å²) in [7, 11) is 0. The van der Waals surface area contributed by atoms with Gasteiger partial charge in [0.2, 0.25) is 6.79 Å². The van der Waals surface area contributed by atoms with Crippen LogP contribution in [0, 0.1) is 0 Å². The molecular weight excluding hydrogens is 304 g/mol. The average molecular weight is 328 g/mol. The molecule has 1 atom stereocenters. The predicted octanol–water partition coefficient (Wildman–Crippen LogP) is 4.75. The summed E-state index contributed by atoms with van der Waals surface area (Å²) in [5, 5.41) is 0. The van der Waals surface area contributed by atoms with Crippen molar-refractivity contribution in [3.05, 3.63) is 47.5 Å². The third-order valence-electron chi connectivity index (χ3n) is 4.18. The first-order valence-electron chi connectivity index (χ1n) is 8.55. The first-order valence-corrected chi connectivity index (χ1v) is 8.55. The summed E-state index contributed by atoms with van der Waals surface area (Å²) < 4.78 is 22.4. The molecule has 0 fully saturated rings. The van der Waals surface area contributed by atoms with Crippen LogP contribution in [0.3, 0.4) is 0 Å². The maximum atomic E-state index is 5.87. The second kappa shape index (κ2) is 7.47. The topological polar surface area (TPSA) is 36.9 Å². The number of hydrogen-bond donors (Lipinski definition) is 0. The van der Waals surface area contributed by atoms with Crippen LogP contribution in [0.15, 0.2) is 36.4 Å². The first-order chi connectivity index (χ1) is 11.8. The van der Waals surface area contributed by atoms with E-state index in [-0.39, 0.29) is 12.7 Å². The van der Waals surface area contributed by atoms with E-state index in [0.29, 0.717) is 13.2 Å². The molecule has 0 amide bonds. The minimum Gasteiger partial charge on any atom is -0.494 e. The van der Waals surface area contributed by atoms with Gasteiger partial charge in [-0.25, -0.2) is 0 Å². The molecular formula is C20H24O4. The van der Waals surface area contributed by atoms with Gasteiger partial charge in [-0.2, -0.15) is 0 Å². The summed E-state index contributed by atoms with van der Waals surface area (Å²) in [5.74, 6) is 3.53. The van der Waals surface area contributed by atoms with Gasteiger partial charge in [-0.1, -0.05) is 19.1 Å². The normalized spacial score (nSPS) is 13.6. The molecule has 3 rings (SSSR count). The van der Waals surface area contributed by atoms with Crippen molar-refractivity contribution in [1.29, 1.82) is 0 Å². The Balaban J connectivity index is 1.97. The summed E-state index contributed by atoms with van der Waals surface area (Å²) in [6.07, 6.45) is 0.966. The fourth-order valence-corrected chi connectivity index (χ4v) is 3.09. The second-order valence-corrected chi connectivity index (χ2v) is 5.64. The minimum atomic E-state index is 0.233. The van der Waals surface area contributed by atoms with E-state index in [9.17, 15) is 0 Å². The monoisotopic (exact) mass is 328 g/mol. The summed E-state index contributed by atoms with van der Waals surface area (Å²) in [6, 6.07) is 12.3. The number of ether oxygens (including phenoxy) is 4. The Bertz CT molecular complexity index is 679. The van der Waals surface area contributed by atoms with E-state index in [1.165, 1.54) is 5.56 Å². The fourth-order valence-electron chi connectivity index (χ4n) is 3.09. The second-order valence-electron chi connectivity index (χ2n) is 5.64. The summed E-state index contributed by atoms with van der Waals surface area (Å²) in [4.78, 5) is 0. The van der Waals surface area contributed by atoms with Gasteiger partial charge in [-0.3, -0.25) is 0 Å². The van der Waals surface area contributed by atoms with Crippen molar-refractivity contribution in [1.82, 2.24) is 0 Å². The Morgan fingerprint density at radius 3 is 2.21 bits per heavy atom. The summed E-state index contributed by atoms with van der Waals surface area (Å²) in [5.41, 5.74) is 2.37. The van der Waals surface area contributed by atoms with Gasteiger partial charge in [0.25, 0.3) is 0 Å². The van der Waals surface area contributed by atoms with Crippen molar-refractivity contribution in [3.63, 3.8) is 0 Å². The molecule has 0 bridgehead atoms. The van der Waals surface area contributed by atoms with E-state index >= 15 is 0 Å². The predicted molar refractivity (Wildman–Crippen MR) is 93.5 cm³/mol. The molecule has 0 spiro atoms. The van der Waals surface area contributed by atoms with E-state index in [4.69, 9.17) is 18.9 Å². The molecule has 0 aromatic heterocycles. The van der Waals surface area contributed by atoms with E-state index in [0.717, 1.165) is 35.0 Å². The number of fused-ring (bicyclic) bond motifs is 1. The SMILES string of the molecule is CCOc1ccc(C(CC)c2cc3c(cc2OCC)OCO3)cc1. The molecule has 0 saturated carbocycles. The van der Waals surface area contributed by atoms with Crippen LogP contribution in [0.4, 0.5) is 0 Å². The molecule has 2 aromatic rings. The quantitative estimate of drug-likeness (QED) is 0.734. The summed E-state index contributed by atoms with van der Waals surface area (Å²) >= 11 is 0. The van der Waals surface area contributed by atoms with Crippen molar-refractivity contribution < 1.29 is 18.9 Å². The highest BCUT2D eigenvalue weighted by molar-refractivity contribution is 5.55. The van der Waals surface area contributed by atoms with Gasteiger partial charge in [-0.05, 0) is 44.0 Å². The number of benzene rings is 2. The molecule has 128 valence electrons. The Morgan fingerprint density at radius 2 is 1.58 bits per heavy atom. The molecule has 0 aliphatic carbocycles. The molecule has 1 unspecified atom stereocenters. The molecule has 1 aliphatic heterocycles. The zero-order chi connectivity index (χ0) is 16.9. The highest BCUT2D eigenvalue weighted by atomic mass is 16.7. The summed E-state index contributed by atoms with van der Waals surface area (Å²) in [6.45, 7) is 7.72. The van der Waals surface area contributed by atoms with Crippen LogP contribution < -0.4 is 18.9 Å². The van der Waals surface area contributed by atoms with Crippen molar-refractivity contribution in [2.75, 3.05) is 20.0 Å².